The highest BCUT2D eigenvalue weighted by molar-refractivity contribution is 6.87. The van der Waals surface area contributed by atoms with Crippen LogP contribution in [0.2, 0.25) is 0 Å². The highest BCUT2D eigenvalue weighted by Gasteiger charge is 2.48. The van der Waals surface area contributed by atoms with Gasteiger partial charge >= 0.3 is 21.4 Å². The van der Waals surface area contributed by atoms with Crippen molar-refractivity contribution in [2.24, 2.45) is 0 Å². The van der Waals surface area contributed by atoms with Gasteiger partial charge in [-0.25, -0.2) is 52.7 Å². The zero-order valence-corrected chi connectivity index (χ0v) is 16.7. The first-order valence-corrected chi connectivity index (χ1v) is 9.28. The quantitative estimate of drug-likeness (QED) is 0.227. The number of benzene rings is 3. The van der Waals surface area contributed by atoms with Crippen molar-refractivity contribution in [2.45, 2.75) is 0 Å². The van der Waals surface area contributed by atoms with Crippen molar-refractivity contribution in [1.82, 2.24) is 0 Å². The van der Waals surface area contributed by atoms with E-state index >= 15 is 0 Å². The Morgan fingerprint density at radius 3 is 0.778 bits per heavy atom. The number of halogens is 12. The van der Waals surface area contributed by atoms with E-state index in [2.05, 4.69) is 0 Å². The fraction of sp³-hybridized carbons (Fsp3) is 0. The molecule has 0 spiro atoms. The second kappa shape index (κ2) is 9.40. The van der Waals surface area contributed by atoms with Crippen LogP contribution in [0.25, 0.3) is 0 Å². The Balaban J connectivity index is 1.89. The summed E-state index contributed by atoms with van der Waals surface area (Å²) in [6.45, 7) is 0. The van der Waals surface area contributed by atoms with Crippen LogP contribution in [0.15, 0.2) is 18.2 Å². The standard InChI is InChI=1S/C18H3B3F12O3/c22-7-1-4(10(25)16(31)13(7)28)19-34-20(5-2-8(23)14(29)17(32)11(5)26)36-21(35-19)6-3-9(24)15(30)18(33)12(6)27/h1-3H. The van der Waals surface area contributed by atoms with Gasteiger partial charge < -0.3 is 13.7 Å². The summed E-state index contributed by atoms with van der Waals surface area (Å²) in [5.74, 6) is -26.7. The summed E-state index contributed by atoms with van der Waals surface area (Å²) < 4.78 is 180. The predicted molar refractivity (Wildman–Crippen MR) is 98.2 cm³/mol. The maximum absolute atomic E-state index is 14.3. The second-order valence-corrected chi connectivity index (χ2v) is 7.07. The molecule has 1 aliphatic rings. The summed E-state index contributed by atoms with van der Waals surface area (Å²) in [7, 11) is -7.70. The van der Waals surface area contributed by atoms with E-state index in [1.165, 1.54) is 0 Å². The first kappa shape index (κ1) is 26.0. The van der Waals surface area contributed by atoms with E-state index in [1.54, 1.807) is 0 Å². The van der Waals surface area contributed by atoms with Crippen LogP contribution in [0.3, 0.4) is 0 Å². The third-order valence-electron chi connectivity index (χ3n) is 4.90. The minimum atomic E-state index is -2.57. The summed E-state index contributed by atoms with van der Waals surface area (Å²) in [5.41, 5.74) is -4.05. The van der Waals surface area contributed by atoms with Crippen LogP contribution >= 0.6 is 0 Å². The van der Waals surface area contributed by atoms with Crippen LogP contribution < -0.4 is 16.4 Å². The molecule has 1 fully saturated rings. The molecule has 0 saturated carbocycles. The van der Waals surface area contributed by atoms with Crippen molar-refractivity contribution < 1.29 is 66.4 Å². The normalized spacial score (nSPS) is 14.2. The SMILES string of the molecule is Fc1cc(B2OB(c3cc(F)c(F)c(F)c3F)OB(c3cc(F)c(F)c(F)c3F)O2)c(F)c(F)c1F. The van der Waals surface area contributed by atoms with Gasteiger partial charge in [-0.1, -0.05) is 0 Å². The zero-order valence-electron chi connectivity index (χ0n) is 16.7. The number of hydrogen-bond acceptors (Lipinski definition) is 3. The minimum Gasteiger partial charge on any atom is -0.444 e. The van der Waals surface area contributed by atoms with Crippen molar-refractivity contribution in [3.8, 4) is 0 Å². The summed E-state index contributed by atoms with van der Waals surface area (Å²) in [5, 5.41) is 0. The molecule has 0 radical (unpaired) electrons. The van der Waals surface area contributed by atoms with Gasteiger partial charge in [0.1, 0.15) is 0 Å². The molecule has 0 bridgehead atoms. The monoisotopic (exact) mass is 528 g/mol. The van der Waals surface area contributed by atoms with Gasteiger partial charge in [0.25, 0.3) is 0 Å². The van der Waals surface area contributed by atoms with Gasteiger partial charge in [-0.2, -0.15) is 0 Å². The number of rotatable bonds is 3. The Morgan fingerprint density at radius 1 is 0.333 bits per heavy atom. The Bertz CT molecular complexity index is 1220. The molecule has 3 aromatic carbocycles. The molecule has 3 nitrogen and oxygen atoms in total. The van der Waals surface area contributed by atoms with E-state index in [1.807, 2.05) is 0 Å². The Labute approximate surface area is 193 Å². The second-order valence-electron chi connectivity index (χ2n) is 7.07. The van der Waals surface area contributed by atoms with E-state index < -0.39 is 108 Å². The van der Waals surface area contributed by atoms with Crippen LogP contribution in [0.4, 0.5) is 52.7 Å². The van der Waals surface area contributed by atoms with Crippen molar-refractivity contribution >= 4 is 37.7 Å². The molecule has 18 heteroatoms. The van der Waals surface area contributed by atoms with Crippen molar-refractivity contribution in [3.63, 3.8) is 0 Å². The molecule has 0 aliphatic carbocycles. The van der Waals surface area contributed by atoms with Gasteiger partial charge in [0.2, 0.25) is 0 Å². The predicted octanol–water partition coefficient (Wildman–Crippen LogP) is 2.91. The molecule has 1 heterocycles. The van der Waals surface area contributed by atoms with Crippen LogP contribution in [-0.2, 0) is 13.7 Å². The minimum absolute atomic E-state index is 0.0395. The fourth-order valence-electron chi connectivity index (χ4n) is 3.16. The summed E-state index contributed by atoms with van der Waals surface area (Å²) in [6.07, 6.45) is 0. The van der Waals surface area contributed by atoms with Crippen LogP contribution in [0.1, 0.15) is 0 Å². The lowest BCUT2D eigenvalue weighted by Gasteiger charge is -2.32. The third-order valence-corrected chi connectivity index (χ3v) is 4.90. The molecule has 0 atom stereocenters. The first-order chi connectivity index (χ1) is 16.8. The molecule has 186 valence electrons. The average Bonchev–Trinajstić information content (AvgIpc) is 2.86. The molecule has 0 N–H and O–H groups in total. The molecule has 3 aromatic rings. The molecule has 0 aromatic heterocycles. The van der Waals surface area contributed by atoms with E-state index in [0.717, 1.165) is 0 Å². The van der Waals surface area contributed by atoms with Gasteiger partial charge in [-0.15, -0.1) is 0 Å². The zero-order chi connectivity index (χ0) is 26.6. The number of hydrogen-bond donors (Lipinski definition) is 0. The lowest BCUT2D eigenvalue weighted by Crippen LogP contribution is -2.63. The topological polar surface area (TPSA) is 27.7 Å². The van der Waals surface area contributed by atoms with Gasteiger partial charge in [-0.05, 0) is 18.2 Å². The van der Waals surface area contributed by atoms with Crippen LogP contribution in [0.5, 0.6) is 0 Å². The maximum Gasteiger partial charge on any atom is 0.470 e. The molecular weight excluding hydrogens is 525 g/mol. The molecule has 1 aliphatic heterocycles. The van der Waals surface area contributed by atoms with E-state index in [4.69, 9.17) is 13.7 Å². The van der Waals surface area contributed by atoms with Crippen LogP contribution in [0, 0.1) is 69.8 Å². The lowest BCUT2D eigenvalue weighted by atomic mass is 9.61. The summed E-state index contributed by atoms with van der Waals surface area (Å²) in [6, 6.07) is -0.118. The van der Waals surface area contributed by atoms with Gasteiger partial charge in [0.15, 0.2) is 69.8 Å². The lowest BCUT2D eigenvalue weighted by molar-refractivity contribution is 0.302. The largest absolute Gasteiger partial charge is 0.470 e. The first-order valence-electron chi connectivity index (χ1n) is 9.28. The molecule has 4 rings (SSSR count). The van der Waals surface area contributed by atoms with Gasteiger partial charge in [0.05, 0.1) is 0 Å². The Hall–Kier alpha value is -3.11. The van der Waals surface area contributed by atoms with Crippen molar-refractivity contribution in [2.75, 3.05) is 0 Å². The molecule has 1 saturated heterocycles. The van der Waals surface area contributed by atoms with Crippen LogP contribution in [-0.4, -0.2) is 21.4 Å². The van der Waals surface area contributed by atoms with E-state index in [-0.39, 0.29) is 18.2 Å². The Kier molecular flexibility index (Phi) is 6.78. The summed E-state index contributed by atoms with van der Waals surface area (Å²) >= 11 is 0. The maximum atomic E-state index is 14.3. The molecule has 0 amide bonds. The Morgan fingerprint density at radius 2 is 0.556 bits per heavy atom. The molecule has 0 unspecified atom stereocenters. The molecular formula is C18H3B3F12O3. The third kappa shape index (κ3) is 4.22. The highest BCUT2D eigenvalue weighted by atomic mass is 19.2. The molecule has 36 heavy (non-hydrogen) atoms. The van der Waals surface area contributed by atoms with Crippen molar-refractivity contribution in [1.29, 1.82) is 0 Å². The van der Waals surface area contributed by atoms with E-state index in [0.29, 0.717) is 0 Å². The van der Waals surface area contributed by atoms with E-state index in [9.17, 15) is 52.7 Å². The van der Waals surface area contributed by atoms with Crippen molar-refractivity contribution in [3.05, 3.63) is 88.0 Å². The average molecular weight is 528 g/mol. The highest BCUT2D eigenvalue weighted by Crippen LogP contribution is 2.21. The summed E-state index contributed by atoms with van der Waals surface area (Å²) in [4.78, 5) is 0. The van der Waals surface area contributed by atoms with Gasteiger partial charge in [0, 0.05) is 16.4 Å². The fourth-order valence-corrected chi connectivity index (χ4v) is 3.16. The van der Waals surface area contributed by atoms with Gasteiger partial charge in [-0.3, -0.25) is 0 Å². The smallest absolute Gasteiger partial charge is 0.444 e.